The van der Waals surface area contributed by atoms with Crippen LogP contribution in [-0.2, 0) is 0 Å². The average molecular weight is 856 g/mol. The standard InChI is InChI=1S/C57H31B2N5O3/c58-49-47-40-28-34(29-44-46(40)45-39(21-12-24-43(45)67-44)48(47)53(65)50(59)54(49)66)64-42-23-10-8-20-36(42)38-26-25-37-35-19-7-9-22-41(35)63(51(37)52(38)64)33-18-11-17-32(27-33)57-61-55(30-13-3-1-4-14-30)60-56(62-57)31-15-5-2-6-16-31/h1-29,65-66H. The van der Waals surface area contributed by atoms with E-state index < -0.39 is 0 Å². The zero-order chi connectivity index (χ0) is 44.7. The molecular formula is C57H31B2N5O3. The van der Waals surface area contributed by atoms with Gasteiger partial charge in [0.2, 0.25) is 0 Å². The van der Waals surface area contributed by atoms with Crippen LogP contribution in [0.15, 0.2) is 180 Å². The van der Waals surface area contributed by atoms with E-state index in [1.165, 1.54) is 0 Å². The Morgan fingerprint density at radius 2 is 0.896 bits per heavy atom. The van der Waals surface area contributed by atoms with Crippen LogP contribution < -0.4 is 10.9 Å². The fourth-order valence-electron chi connectivity index (χ4n) is 10.5. The third-order valence-corrected chi connectivity index (χ3v) is 13.4. The highest BCUT2D eigenvalue weighted by Crippen LogP contribution is 2.48. The molecule has 0 aliphatic rings. The van der Waals surface area contributed by atoms with E-state index in [1.54, 1.807) is 0 Å². The van der Waals surface area contributed by atoms with E-state index in [0.717, 1.165) is 93.2 Å². The normalized spacial score (nSPS) is 12.1. The van der Waals surface area contributed by atoms with E-state index in [4.69, 9.17) is 35.1 Å². The number of furan rings is 1. The van der Waals surface area contributed by atoms with Crippen LogP contribution in [0.1, 0.15) is 0 Å². The Labute approximate surface area is 383 Å². The fraction of sp³-hybridized carbons (Fsp3) is 0. The van der Waals surface area contributed by atoms with Crippen LogP contribution in [0.2, 0.25) is 0 Å². The second kappa shape index (κ2) is 13.8. The van der Waals surface area contributed by atoms with Gasteiger partial charge >= 0.3 is 0 Å². The Morgan fingerprint density at radius 1 is 0.373 bits per heavy atom. The smallest absolute Gasteiger partial charge is 0.164 e. The number of rotatable bonds is 5. The molecule has 4 aromatic heterocycles. The molecule has 0 saturated heterocycles. The Hall–Kier alpha value is -8.88. The number of aromatic nitrogens is 5. The lowest BCUT2D eigenvalue weighted by Crippen LogP contribution is -2.17. The average Bonchev–Trinajstić information content (AvgIpc) is 4.05. The van der Waals surface area contributed by atoms with Gasteiger partial charge in [-0.3, -0.25) is 0 Å². The summed E-state index contributed by atoms with van der Waals surface area (Å²) in [4.78, 5) is 15.1. The van der Waals surface area contributed by atoms with Crippen LogP contribution in [0, 0.1) is 0 Å². The van der Waals surface area contributed by atoms with Crippen molar-refractivity contribution in [1.29, 1.82) is 0 Å². The molecule has 0 atom stereocenters. The van der Waals surface area contributed by atoms with Crippen molar-refractivity contribution >= 4 is 114 Å². The van der Waals surface area contributed by atoms with Crippen LogP contribution in [0.3, 0.4) is 0 Å². The first kappa shape index (κ1) is 37.5. The van der Waals surface area contributed by atoms with Gasteiger partial charge in [-0.05, 0) is 63.5 Å². The number of phenolic OH excluding ortho intramolecular Hbond substituents is 2. The molecule has 0 bridgehead atoms. The summed E-state index contributed by atoms with van der Waals surface area (Å²) in [6.07, 6.45) is 0. The van der Waals surface area contributed by atoms with Crippen LogP contribution in [-0.4, -0.2) is 50.0 Å². The molecule has 14 rings (SSSR count). The summed E-state index contributed by atoms with van der Waals surface area (Å²) in [6.45, 7) is 0. The molecule has 4 radical (unpaired) electrons. The van der Waals surface area contributed by atoms with E-state index in [1.807, 2.05) is 78.9 Å². The maximum atomic E-state index is 11.6. The number of hydrogen-bond acceptors (Lipinski definition) is 6. The molecule has 0 saturated carbocycles. The van der Waals surface area contributed by atoms with Gasteiger partial charge in [-0.25, -0.2) is 15.0 Å². The number of aromatic hydroxyl groups is 2. The van der Waals surface area contributed by atoms with E-state index in [9.17, 15) is 10.2 Å². The molecule has 0 unspecified atom stereocenters. The summed E-state index contributed by atoms with van der Waals surface area (Å²) >= 11 is 0. The molecule has 4 heterocycles. The number of fused-ring (bicyclic) bond motifs is 10. The molecule has 0 fully saturated rings. The van der Waals surface area contributed by atoms with Crippen molar-refractivity contribution in [3.63, 3.8) is 0 Å². The number of phenols is 2. The van der Waals surface area contributed by atoms with Crippen LogP contribution >= 0.6 is 0 Å². The lowest BCUT2D eigenvalue weighted by atomic mass is 9.78. The first-order valence-electron chi connectivity index (χ1n) is 22.0. The highest BCUT2D eigenvalue weighted by atomic mass is 16.3. The van der Waals surface area contributed by atoms with Crippen molar-refractivity contribution in [1.82, 2.24) is 24.1 Å². The maximum absolute atomic E-state index is 11.6. The highest BCUT2D eigenvalue weighted by Gasteiger charge is 2.26. The van der Waals surface area contributed by atoms with Crippen LogP contribution in [0.4, 0.5) is 0 Å². The molecule has 2 N–H and O–H groups in total. The first-order chi connectivity index (χ1) is 32.9. The van der Waals surface area contributed by atoms with Crippen LogP contribution in [0.5, 0.6) is 11.5 Å². The molecule has 0 amide bonds. The number of para-hydroxylation sites is 2. The Morgan fingerprint density at radius 3 is 1.54 bits per heavy atom. The fourth-order valence-corrected chi connectivity index (χ4v) is 10.5. The quantitative estimate of drug-likeness (QED) is 0.132. The SMILES string of the molecule is [B]c1c(O)c([B])c2c3cc(-n4c5ccccc5c5ccc6c7ccccc7n(-c7cccc(-c8nc(-c9ccccc9)nc(-c9ccccc9)n8)c7)c6c54)cc4oc5cccc(c2c1O)c5c43. The van der Waals surface area contributed by atoms with Gasteiger partial charge in [0.1, 0.15) is 38.4 Å². The van der Waals surface area contributed by atoms with Gasteiger partial charge in [-0.2, -0.15) is 0 Å². The Bertz CT molecular complexity index is 4330. The summed E-state index contributed by atoms with van der Waals surface area (Å²) in [5, 5.41) is 31.2. The number of nitrogens with zero attached hydrogens (tertiary/aromatic N) is 5. The summed E-state index contributed by atoms with van der Waals surface area (Å²) < 4.78 is 11.3. The molecule has 0 aliphatic heterocycles. The lowest BCUT2D eigenvalue weighted by Gasteiger charge is -2.18. The number of benzene rings is 10. The summed E-state index contributed by atoms with van der Waals surface area (Å²) in [5.41, 5.74) is 9.59. The molecule has 0 aliphatic carbocycles. The monoisotopic (exact) mass is 855 g/mol. The third-order valence-electron chi connectivity index (χ3n) is 13.4. The molecule has 308 valence electrons. The van der Waals surface area contributed by atoms with Gasteiger partial charge < -0.3 is 23.8 Å². The predicted molar refractivity (Wildman–Crippen MR) is 272 cm³/mol. The van der Waals surface area contributed by atoms with Gasteiger partial charge in [-0.1, -0.05) is 133 Å². The zero-order valence-electron chi connectivity index (χ0n) is 35.4. The van der Waals surface area contributed by atoms with Gasteiger partial charge in [-0.15, -0.1) is 0 Å². The van der Waals surface area contributed by atoms with E-state index in [-0.39, 0.29) is 22.4 Å². The largest absolute Gasteiger partial charge is 0.509 e. The minimum absolute atomic E-state index is 0.0854. The summed E-state index contributed by atoms with van der Waals surface area (Å²) in [5.74, 6) is 1.16. The van der Waals surface area contributed by atoms with Gasteiger partial charge in [0.15, 0.2) is 17.5 Å². The van der Waals surface area contributed by atoms with Crippen molar-refractivity contribution in [2.24, 2.45) is 0 Å². The lowest BCUT2D eigenvalue weighted by molar-refractivity contribution is 0.465. The molecule has 8 nitrogen and oxygen atoms in total. The van der Waals surface area contributed by atoms with Gasteiger partial charge in [0.05, 0.1) is 27.8 Å². The first-order valence-corrected chi connectivity index (χ1v) is 22.0. The maximum Gasteiger partial charge on any atom is 0.164 e. The topological polar surface area (TPSA) is 102 Å². The van der Waals surface area contributed by atoms with E-state index in [0.29, 0.717) is 39.4 Å². The second-order valence-electron chi connectivity index (χ2n) is 17.1. The molecule has 67 heavy (non-hydrogen) atoms. The third kappa shape index (κ3) is 5.23. The predicted octanol–water partition coefficient (Wildman–Crippen LogP) is 11.7. The van der Waals surface area contributed by atoms with Crippen molar-refractivity contribution in [2.45, 2.75) is 0 Å². The molecule has 0 spiro atoms. The summed E-state index contributed by atoms with van der Waals surface area (Å²) in [7, 11) is 13.1. The Kier molecular flexibility index (Phi) is 7.73. The highest BCUT2D eigenvalue weighted by molar-refractivity contribution is 6.52. The van der Waals surface area contributed by atoms with Crippen LogP contribution in [0.25, 0.3) is 133 Å². The van der Waals surface area contributed by atoms with Gasteiger partial charge in [0, 0.05) is 66.1 Å². The van der Waals surface area contributed by atoms with E-state index in [2.05, 4.69) is 106 Å². The van der Waals surface area contributed by atoms with E-state index >= 15 is 0 Å². The van der Waals surface area contributed by atoms with Crippen molar-refractivity contribution in [2.75, 3.05) is 0 Å². The van der Waals surface area contributed by atoms with Crippen molar-refractivity contribution in [3.05, 3.63) is 176 Å². The van der Waals surface area contributed by atoms with Crippen molar-refractivity contribution < 1.29 is 14.6 Å². The number of hydrogen-bond donors (Lipinski definition) is 2. The minimum atomic E-state index is -0.357. The second-order valence-corrected chi connectivity index (χ2v) is 17.1. The zero-order valence-corrected chi connectivity index (χ0v) is 35.4. The van der Waals surface area contributed by atoms with Crippen molar-refractivity contribution in [3.8, 4) is 57.0 Å². The molecular weight excluding hydrogens is 824 g/mol. The minimum Gasteiger partial charge on any atom is -0.509 e. The molecule has 14 aromatic rings. The van der Waals surface area contributed by atoms with Gasteiger partial charge in [0.25, 0.3) is 0 Å². The molecule has 10 heteroatoms. The Balaban J connectivity index is 1.08. The summed E-state index contributed by atoms with van der Waals surface area (Å²) in [6, 6.07) is 59.6. The molecule has 10 aromatic carbocycles.